The van der Waals surface area contributed by atoms with E-state index >= 15 is 0 Å². The third-order valence-corrected chi connectivity index (χ3v) is 21.9. The summed E-state index contributed by atoms with van der Waals surface area (Å²) in [6.07, 6.45) is 0. The molecule has 5 nitrogen and oxygen atoms in total. The summed E-state index contributed by atoms with van der Waals surface area (Å²) in [5, 5.41) is 15.6. The van der Waals surface area contributed by atoms with Crippen molar-refractivity contribution in [1.82, 2.24) is 9.13 Å². The van der Waals surface area contributed by atoms with Gasteiger partial charge in [-0.2, -0.15) is 5.26 Å². The van der Waals surface area contributed by atoms with E-state index in [-0.39, 0.29) is 24.3 Å². The number of hydrogen-bond acceptors (Lipinski definition) is 3. The monoisotopic (exact) mass is 1280 g/mol. The van der Waals surface area contributed by atoms with Crippen molar-refractivity contribution in [3.05, 3.63) is 302 Å². The molecule has 0 aliphatic carbocycles. The fourth-order valence-corrected chi connectivity index (χ4v) is 17.0. The van der Waals surface area contributed by atoms with E-state index in [1.54, 1.807) is 0 Å². The number of rotatable bonds is 7. The molecule has 0 spiro atoms. The van der Waals surface area contributed by atoms with Crippen molar-refractivity contribution in [2.75, 3.05) is 0 Å². The molecule has 470 valence electrons. The van der Waals surface area contributed by atoms with Crippen molar-refractivity contribution in [2.45, 2.75) is 52.4 Å². The van der Waals surface area contributed by atoms with Crippen LogP contribution in [0.15, 0.2) is 285 Å². The van der Waals surface area contributed by atoms with E-state index in [9.17, 15) is 5.26 Å². The minimum Gasteiger partial charge on any atom is -0.458 e. The van der Waals surface area contributed by atoms with Crippen LogP contribution in [0.2, 0.25) is 0 Å². The Morgan fingerprint density at radius 2 is 0.710 bits per heavy atom. The van der Waals surface area contributed by atoms with Crippen LogP contribution >= 0.6 is 0 Å². The lowest BCUT2D eigenvalue weighted by Crippen LogP contribution is -2.58. The van der Waals surface area contributed by atoms with E-state index in [4.69, 9.17) is 9.47 Å². The van der Waals surface area contributed by atoms with Gasteiger partial charge in [-0.15, -0.1) is 0 Å². The zero-order valence-electron chi connectivity index (χ0n) is 56.4. The van der Waals surface area contributed by atoms with Crippen molar-refractivity contribution >= 4 is 89.8 Å². The molecule has 14 aromatic carbocycles. The zero-order chi connectivity index (χ0) is 67.0. The third kappa shape index (κ3) is 8.82. The number of fused-ring (bicyclic) bond motifs is 14. The molecule has 0 N–H and O–H groups in total. The fourth-order valence-electron chi connectivity index (χ4n) is 17.0. The van der Waals surface area contributed by atoms with Crippen LogP contribution in [0.5, 0.6) is 23.0 Å². The Morgan fingerprint density at radius 1 is 0.300 bits per heavy atom. The van der Waals surface area contributed by atoms with Gasteiger partial charge in [0.1, 0.15) is 23.0 Å². The summed E-state index contributed by atoms with van der Waals surface area (Å²) >= 11 is 0. The number of aromatic nitrogens is 2. The van der Waals surface area contributed by atoms with Gasteiger partial charge in [0.15, 0.2) is 0 Å². The standard InChI is InChI=1S/C93H65B2N3O2/c1-92(2,3)68-33-38-84-76(52-68)94-78-46-65(58-24-15-9-16-25-58)45-75-73-43-62(32-37-81(73)97(90(75)78)82-48-66(50-86(99-84)88(82)94)59-26-17-10-18-27-59)60-28-19-29-63(41-60)71-40-55(54-96)30-35-70(71)67-49-83-89-87(51-67)100-85-39-34-69(93(4,5)6)53-77(85)95(89)79-47-64(57-22-13-8-14-23-57)44-74-72-42-61(56-20-11-7-12-21-56)31-36-80(72)98(83)91(74)79/h7-53H,1-6H3. The molecule has 16 aromatic rings. The van der Waals surface area contributed by atoms with E-state index in [1.807, 2.05) is 6.07 Å². The Balaban J connectivity index is 0.785. The topological polar surface area (TPSA) is 52.1 Å². The number of nitrogens with zero attached hydrogens (tertiary/aromatic N) is 3. The molecule has 0 bridgehead atoms. The molecule has 7 heteroatoms. The van der Waals surface area contributed by atoms with Crippen LogP contribution in [0, 0.1) is 11.3 Å². The van der Waals surface area contributed by atoms with Gasteiger partial charge in [0, 0.05) is 44.0 Å². The second kappa shape index (κ2) is 21.4. The molecule has 0 atom stereocenters. The van der Waals surface area contributed by atoms with E-state index in [2.05, 4.69) is 336 Å². The van der Waals surface area contributed by atoms with Crippen molar-refractivity contribution in [3.8, 4) is 118 Å². The SMILES string of the molecule is CC(C)(C)c1ccc2c(c1)B1c3c(cc(-c4ccccc4)cc3-n3c4ccc(-c5cccc(-c6cc(C#N)ccc6-c6cc7c8c(c6)-n6c9ccc(-c%10ccccc%10)cc9c9cc(-c%10ccccc%10)cc(c96)B8c6cc(C(C)(C)C)ccc6O7)c5)cc4c4cc(-c5ccccc5)cc1c43)O2. The number of nitriles is 1. The highest BCUT2D eigenvalue weighted by Crippen LogP contribution is 2.47. The number of hydrogen-bond donors (Lipinski definition) is 0. The van der Waals surface area contributed by atoms with E-state index in [1.165, 1.54) is 104 Å². The quantitative estimate of drug-likeness (QED) is 0.149. The van der Waals surface area contributed by atoms with Crippen molar-refractivity contribution < 1.29 is 9.47 Å². The molecule has 0 saturated heterocycles. The first-order valence-electron chi connectivity index (χ1n) is 34.9. The average molecular weight is 1280 g/mol. The van der Waals surface area contributed by atoms with Crippen LogP contribution < -0.4 is 42.3 Å². The molecular formula is C93H65B2N3O2. The molecule has 0 radical (unpaired) electrons. The Morgan fingerprint density at radius 3 is 1.19 bits per heavy atom. The summed E-state index contributed by atoms with van der Waals surface area (Å²) in [5.41, 5.74) is 32.6. The van der Waals surface area contributed by atoms with Crippen molar-refractivity contribution in [2.24, 2.45) is 0 Å². The predicted octanol–water partition coefficient (Wildman–Crippen LogP) is 19.9. The lowest BCUT2D eigenvalue weighted by Gasteiger charge is -2.35. The largest absolute Gasteiger partial charge is 0.458 e. The smallest absolute Gasteiger partial charge is 0.256 e. The Kier molecular flexibility index (Phi) is 12.5. The van der Waals surface area contributed by atoms with Gasteiger partial charge >= 0.3 is 0 Å². The molecule has 4 aliphatic heterocycles. The predicted molar refractivity (Wildman–Crippen MR) is 418 cm³/mol. The summed E-state index contributed by atoms with van der Waals surface area (Å²) < 4.78 is 19.6. The molecule has 4 aliphatic rings. The van der Waals surface area contributed by atoms with Gasteiger partial charge in [-0.05, 0) is 224 Å². The Hall–Kier alpha value is -12.1. The lowest BCUT2D eigenvalue weighted by molar-refractivity contribution is 0.486. The van der Waals surface area contributed by atoms with Crippen molar-refractivity contribution in [1.29, 1.82) is 5.26 Å². The first-order valence-corrected chi connectivity index (χ1v) is 34.9. The second-order valence-electron chi connectivity index (χ2n) is 29.9. The summed E-state index contributed by atoms with van der Waals surface area (Å²) in [6, 6.07) is 108. The van der Waals surface area contributed by atoms with Gasteiger partial charge in [0.25, 0.3) is 13.4 Å². The highest BCUT2D eigenvalue weighted by molar-refractivity contribution is 7.00. The van der Waals surface area contributed by atoms with Gasteiger partial charge in [-0.25, -0.2) is 0 Å². The van der Waals surface area contributed by atoms with Crippen LogP contribution in [-0.4, -0.2) is 22.6 Å². The molecule has 100 heavy (non-hydrogen) atoms. The van der Waals surface area contributed by atoms with Crippen LogP contribution in [-0.2, 0) is 10.8 Å². The van der Waals surface area contributed by atoms with Crippen LogP contribution in [0.4, 0.5) is 0 Å². The minimum atomic E-state index is -0.130. The van der Waals surface area contributed by atoms with Gasteiger partial charge < -0.3 is 18.6 Å². The first kappa shape index (κ1) is 58.1. The lowest BCUT2D eigenvalue weighted by atomic mass is 9.34. The van der Waals surface area contributed by atoms with E-state index < -0.39 is 0 Å². The van der Waals surface area contributed by atoms with E-state index in [0.717, 1.165) is 95.4 Å². The molecule has 0 fully saturated rings. The maximum absolute atomic E-state index is 10.8. The molecular weight excluding hydrogens is 1210 g/mol. The first-order chi connectivity index (χ1) is 48.8. The molecule has 20 rings (SSSR count). The highest BCUT2D eigenvalue weighted by atomic mass is 16.5. The fraction of sp³-hybridized carbons (Fsp3) is 0.0860. The molecule has 0 unspecified atom stereocenters. The van der Waals surface area contributed by atoms with Crippen molar-refractivity contribution in [3.63, 3.8) is 0 Å². The van der Waals surface area contributed by atoms with Crippen LogP contribution in [0.3, 0.4) is 0 Å². The maximum atomic E-state index is 10.8. The maximum Gasteiger partial charge on any atom is 0.256 e. The van der Waals surface area contributed by atoms with Crippen LogP contribution in [0.1, 0.15) is 58.2 Å². The highest BCUT2D eigenvalue weighted by Gasteiger charge is 2.44. The molecule has 6 heterocycles. The summed E-state index contributed by atoms with van der Waals surface area (Å²) in [7, 11) is 0. The molecule has 2 aromatic heterocycles. The summed E-state index contributed by atoms with van der Waals surface area (Å²) in [5.74, 6) is 3.48. The average Bonchev–Trinajstić information content (AvgIpc) is 1.44. The Labute approximate surface area is 582 Å². The van der Waals surface area contributed by atoms with Gasteiger partial charge in [0.2, 0.25) is 0 Å². The normalized spacial score (nSPS) is 13.0. The zero-order valence-corrected chi connectivity index (χ0v) is 56.4. The molecule has 0 saturated carbocycles. The number of ether oxygens (including phenoxy) is 2. The van der Waals surface area contributed by atoms with Gasteiger partial charge in [-0.3, -0.25) is 0 Å². The summed E-state index contributed by atoms with van der Waals surface area (Å²) in [6.45, 7) is 13.6. The number of benzene rings is 14. The van der Waals surface area contributed by atoms with Gasteiger partial charge in [0.05, 0.1) is 22.7 Å². The Bertz CT molecular complexity index is 6240. The summed E-state index contributed by atoms with van der Waals surface area (Å²) in [4.78, 5) is 0. The van der Waals surface area contributed by atoms with E-state index in [0.29, 0.717) is 5.56 Å². The van der Waals surface area contributed by atoms with Crippen LogP contribution in [0.25, 0.3) is 133 Å². The second-order valence-corrected chi connectivity index (χ2v) is 29.9. The molecule has 0 amide bonds. The van der Waals surface area contributed by atoms with Gasteiger partial charge in [-0.1, -0.05) is 236 Å². The third-order valence-electron chi connectivity index (χ3n) is 21.9. The minimum absolute atomic E-state index is 0.0725.